The quantitative estimate of drug-likeness (QED) is 0.520. The van der Waals surface area contributed by atoms with Gasteiger partial charge in [0, 0.05) is 12.5 Å². The van der Waals surface area contributed by atoms with Gasteiger partial charge in [0.05, 0.1) is 0 Å². The van der Waals surface area contributed by atoms with Gasteiger partial charge >= 0.3 is 5.97 Å². The Morgan fingerprint density at radius 3 is 3.07 bits per heavy atom. The molecule has 0 saturated carbocycles. The summed E-state index contributed by atoms with van der Waals surface area (Å²) in [5, 5.41) is 0. The van der Waals surface area contributed by atoms with Gasteiger partial charge in [-0.1, -0.05) is 18.2 Å². The van der Waals surface area contributed by atoms with E-state index in [0.29, 0.717) is 6.61 Å². The SMILES string of the molecule is CC(=O)OC1C=CCOc2ccccc21. The molecule has 2 rings (SSSR count). The number of carbonyl (C=O) groups excluding carboxylic acids is 1. The minimum atomic E-state index is -0.332. The maximum Gasteiger partial charge on any atom is 0.303 e. The first-order chi connectivity index (χ1) is 7.27. The van der Waals surface area contributed by atoms with E-state index in [4.69, 9.17) is 9.47 Å². The van der Waals surface area contributed by atoms with Crippen LogP contribution in [0.15, 0.2) is 36.4 Å². The van der Waals surface area contributed by atoms with Crippen LogP contribution in [-0.2, 0) is 9.53 Å². The second-order valence-electron chi connectivity index (χ2n) is 3.31. The van der Waals surface area contributed by atoms with Crippen LogP contribution in [0.3, 0.4) is 0 Å². The van der Waals surface area contributed by atoms with E-state index in [1.54, 1.807) is 0 Å². The third-order valence-electron chi connectivity index (χ3n) is 2.16. The van der Waals surface area contributed by atoms with Crippen LogP contribution in [0.2, 0.25) is 0 Å². The van der Waals surface area contributed by atoms with E-state index in [0.717, 1.165) is 11.3 Å². The van der Waals surface area contributed by atoms with Crippen molar-refractivity contribution >= 4 is 5.97 Å². The molecule has 78 valence electrons. The lowest BCUT2D eigenvalue weighted by Gasteiger charge is -2.14. The number of para-hydroxylation sites is 1. The zero-order chi connectivity index (χ0) is 10.7. The number of fused-ring (bicyclic) bond motifs is 1. The summed E-state index contributed by atoms with van der Waals surface area (Å²) in [6.45, 7) is 1.91. The van der Waals surface area contributed by atoms with Crippen LogP contribution < -0.4 is 4.74 Å². The average molecular weight is 204 g/mol. The van der Waals surface area contributed by atoms with Crippen LogP contribution in [-0.4, -0.2) is 12.6 Å². The zero-order valence-corrected chi connectivity index (χ0v) is 8.47. The van der Waals surface area contributed by atoms with Gasteiger partial charge in [-0.15, -0.1) is 0 Å². The van der Waals surface area contributed by atoms with E-state index >= 15 is 0 Å². The molecule has 0 fully saturated rings. The fraction of sp³-hybridized carbons (Fsp3) is 0.250. The summed E-state index contributed by atoms with van der Waals surface area (Å²) in [6, 6.07) is 7.57. The molecule has 1 atom stereocenters. The van der Waals surface area contributed by atoms with Gasteiger partial charge in [-0.3, -0.25) is 4.79 Å². The molecule has 1 aliphatic rings. The van der Waals surface area contributed by atoms with Gasteiger partial charge in [0.25, 0.3) is 0 Å². The van der Waals surface area contributed by atoms with Gasteiger partial charge in [-0.05, 0) is 18.2 Å². The first-order valence-electron chi connectivity index (χ1n) is 4.83. The summed E-state index contributed by atoms with van der Waals surface area (Å²) in [5.74, 6) is 0.482. The van der Waals surface area contributed by atoms with Gasteiger partial charge in [-0.25, -0.2) is 0 Å². The van der Waals surface area contributed by atoms with E-state index in [9.17, 15) is 4.79 Å². The van der Waals surface area contributed by atoms with Crippen molar-refractivity contribution in [2.24, 2.45) is 0 Å². The van der Waals surface area contributed by atoms with Crippen molar-refractivity contribution in [3.05, 3.63) is 42.0 Å². The third kappa shape index (κ3) is 2.18. The molecule has 0 N–H and O–H groups in total. The van der Waals surface area contributed by atoms with Gasteiger partial charge in [0.15, 0.2) is 0 Å². The number of hydrogen-bond acceptors (Lipinski definition) is 3. The molecule has 1 unspecified atom stereocenters. The van der Waals surface area contributed by atoms with Crippen molar-refractivity contribution < 1.29 is 14.3 Å². The van der Waals surface area contributed by atoms with Crippen molar-refractivity contribution in [2.45, 2.75) is 13.0 Å². The molecule has 0 amide bonds. The van der Waals surface area contributed by atoms with E-state index < -0.39 is 0 Å². The van der Waals surface area contributed by atoms with Gasteiger partial charge in [0.2, 0.25) is 0 Å². The van der Waals surface area contributed by atoms with Crippen molar-refractivity contribution in [1.29, 1.82) is 0 Å². The highest BCUT2D eigenvalue weighted by Gasteiger charge is 2.17. The summed E-state index contributed by atoms with van der Waals surface area (Å²) in [5.41, 5.74) is 0.890. The van der Waals surface area contributed by atoms with Crippen LogP contribution in [0.25, 0.3) is 0 Å². The lowest BCUT2D eigenvalue weighted by molar-refractivity contribution is -0.144. The Balaban J connectivity index is 2.34. The second kappa shape index (κ2) is 4.17. The summed E-state index contributed by atoms with van der Waals surface area (Å²) < 4.78 is 10.7. The monoisotopic (exact) mass is 204 g/mol. The number of esters is 1. The first kappa shape index (κ1) is 9.77. The highest BCUT2D eigenvalue weighted by molar-refractivity contribution is 5.66. The molecule has 1 aromatic rings. The van der Waals surface area contributed by atoms with Gasteiger partial charge in [-0.2, -0.15) is 0 Å². The molecule has 0 aliphatic carbocycles. The summed E-state index contributed by atoms with van der Waals surface area (Å²) >= 11 is 0. The molecule has 1 aliphatic heterocycles. The number of ether oxygens (including phenoxy) is 2. The maximum atomic E-state index is 10.9. The lowest BCUT2D eigenvalue weighted by atomic mass is 10.1. The number of benzene rings is 1. The molecule has 1 heterocycles. The second-order valence-corrected chi connectivity index (χ2v) is 3.31. The molecule has 3 nitrogen and oxygen atoms in total. The van der Waals surface area contributed by atoms with Crippen molar-refractivity contribution in [2.75, 3.05) is 6.61 Å². The normalized spacial score (nSPS) is 18.6. The molecule has 0 spiro atoms. The number of hydrogen-bond donors (Lipinski definition) is 0. The summed E-state index contributed by atoms with van der Waals surface area (Å²) in [4.78, 5) is 10.9. The highest BCUT2D eigenvalue weighted by Crippen LogP contribution is 2.30. The predicted octanol–water partition coefficient (Wildman–Crippen LogP) is 2.24. The van der Waals surface area contributed by atoms with Crippen LogP contribution in [0.4, 0.5) is 0 Å². The average Bonchev–Trinajstić information content (AvgIpc) is 2.41. The van der Waals surface area contributed by atoms with Gasteiger partial charge < -0.3 is 9.47 Å². The van der Waals surface area contributed by atoms with E-state index in [2.05, 4.69) is 0 Å². The molecule has 15 heavy (non-hydrogen) atoms. The van der Waals surface area contributed by atoms with Crippen LogP contribution >= 0.6 is 0 Å². The predicted molar refractivity (Wildman–Crippen MR) is 55.6 cm³/mol. The standard InChI is InChI=1S/C12H12O3/c1-9(13)15-12-7-4-8-14-11-6-3-2-5-10(11)12/h2-7,12H,8H2,1H3. The number of rotatable bonds is 1. The Hall–Kier alpha value is -1.77. The highest BCUT2D eigenvalue weighted by atomic mass is 16.5. The maximum absolute atomic E-state index is 10.9. The smallest absolute Gasteiger partial charge is 0.303 e. The molecule has 0 radical (unpaired) electrons. The molecule has 0 bridgehead atoms. The topological polar surface area (TPSA) is 35.5 Å². The Bertz CT molecular complexity index is 396. The fourth-order valence-corrected chi connectivity index (χ4v) is 1.55. The molecular formula is C12H12O3. The zero-order valence-electron chi connectivity index (χ0n) is 8.47. The van der Waals surface area contributed by atoms with E-state index in [1.807, 2.05) is 36.4 Å². The number of carbonyl (C=O) groups is 1. The molecule has 0 saturated heterocycles. The van der Waals surface area contributed by atoms with E-state index in [1.165, 1.54) is 6.92 Å². The van der Waals surface area contributed by atoms with Crippen molar-refractivity contribution in [1.82, 2.24) is 0 Å². The Morgan fingerprint density at radius 1 is 1.47 bits per heavy atom. The van der Waals surface area contributed by atoms with Crippen molar-refractivity contribution in [3.8, 4) is 5.75 Å². The van der Waals surface area contributed by atoms with Crippen molar-refractivity contribution in [3.63, 3.8) is 0 Å². The largest absolute Gasteiger partial charge is 0.489 e. The summed E-state index contributed by atoms with van der Waals surface area (Å²) in [7, 11) is 0. The van der Waals surface area contributed by atoms with Gasteiger partial charge in [0.1, 0.15) is 18.5 Å². The molecule has 3 heteroatoms. The Labute approximate surface area is 88.3 Å². The Morgan fingerprint density at radius 2 is 2.27 bits per heavy atom. The molecular weight excluding hydrogens is 192 g/mol. The van der Waals surface area contributed by atoms with Crippen LogP contribution in [0.1, 0.15) is 18.6 Å². The molecule has 0 aromatic heterocycles. The molecule has 1 aromatic carbocycles. The van der Waals surface area contributed by atoms with Crippen LogP contribution in [0.5, 0.6) is 5.75 Å². The fourth-order valence-electron chi connectivity index (χ4n) is 1.55. The first-order valence-corrected chi connectivity index (χ1v) is 4.83. The van der Waals surface area contributed by atoms with Crippen LogP contribution in [0, 0.1) is 0 Å². The minimum Gasteiger partial charge on any atom is -0.489 e. The minimum absolute atomic E-state index is 0.290. The summed E-state index contributed by atoms with van der Waals surface area (Å²) in [6.07, 6.45) is 3.36. The third-order valence-corrected chi connectivity index (χ3v) is 2.16. The lowest BCUT2D eigenvalue weighted by Crippen LogP contribution is -2.06. The van der Waals surface area contributed by atoms with E-state index in [-0.39, 0.29) is 12.1 Å². The Kier molecular flexibility index (Phi) is 2.72.